The molecule has 1 saturated heterocycles. The molecule has 0 atom stereocenters. The number of anilines is 1. The highest BCUT2D eigenvalue weighted by Gasteiger charge is 2.19. The van der Waals surface area contributed by atoms with Crippen LogP contribution >= 0.6 is 0 Å². The Morgan fingerprint density at radius 2 is 2.05 bits per heavy atom. The molecular formula is C14H23N5O2. The van der Waals surface area contributed by atoms with E-state index in [-0.39, 0.29) is 18.0 Å². The smallest absolute Gasteiger partial charge is 0.269 e. The Bertz CT molecular complexity index is 534. The van der Waals surface area contributed by atoms with Gasteiger partial charge in [-0.25, -0.2) is 4.68 Å². The lowest BCUT2D eigenvalue weighted by Crippen LogP contribution is -2.48. The fourth-order valence-corrected chi connectivity index (χ4v) is 2.20. The molecule has 0 bridgehead atoms. The van der Waals surface area contributed by atoms with E-state index in [0.717, 1.165) is 26.1 Å². The first-order valence-corrected chi connectivity index (χ1v) is 7.37. The number of amides is 1. The fraction of sp³-hybridized carbons (Fsp3) is 0.643. The molecule has 1 aliphatic rings. The molecular weight excluding hydrogens is 270 g/mol. The van der Waals surface area contributed by atoms with Gasteiger partial charge < -0.3 is 15.1 Å². The van der Waals surface area contributed by atoms with Crippen molar-refractivity contribution in [3.8, 4) is 0 Å². The van der Waals surface area contributed by atoms with Crippen LogP contribution in [0.25, 0.3) is 0 Å². The average Bonchev–Trinajstić information content (AvgIpc) is 2.48. The fourth-order valence-electron chi connectivity index (χ4n) is 2.20. The van der Waals surface area contributed by atoms with Crippen LogP contribution in [0.1, 0.15) is 13.3 Å². The predicted molar refractivity (Wildman–Crippen MR) is 81.4 cm³/mol. The third-order valence-corrected chi connectivity index (χ3v) is 3.59. The number of hydrogen-bond donors (Lipinski definition) is 1. The van der Waals surface area contributed by atoms with Gasteiger partial charge in [0.1, 0.15) is 6.54 Å². The van der Waals surface area contributed by atoms with Crippen molar-refractivity contribution in [3.05, 3.63) is 22.6 Å². The summed E-state index contributed by atoms with van der Waals surface area (Å²) in [5, 5.41) is 7.17. The maximum atomic E-state index is 12.2. The topological polar surface area (TPSA) is 70.5 Å². The average molecular weight is 293 g/mol. The molecule has 1 fully saturated rings. The maximum absolute atomic E-state index is 12.2. The molecule has 21 heavy (non-hydrogen) atoms. The predicted octanol–water partition coefficient (Wildman–Crippen LogP) is -0.161. The molecule has 1 aliphatic heterocycles. The molecule has 1 aromatic rings. The van der Waals surface area contributed by atoms with Gasteiger partial charge in [0.2, 0.25) is 5.91 Å². The number of nitrogens with one attached hydrogen (secondary N) is 1. The number of aromatic nitrogens is 2. The van der Waals surface area contributed by atoms with E-state index >= 15 is 0 Å². The number of carbonyl (C=O) groups is 1. The summed E-state index contributed by atoms with van der Waals surface area (Å²) in [4.78, 5) is 28.1. The number of carbonyl (C=O) groups excluding carboxylic acids is 1. The minimum absolute atomic E-state index is 0.0105. The lowest BCUT2D eigenvalue weighted by molar-refractivity contribution is -0.133. The molecule has 0 saturated carbocycles. The van der Waals surface area contributed by atoms with Gasteiger partial charge in [0.15, 0.2) is 0 Å². The summed E-state index contributed by atoms with van der Waals surface area (Å²) >= 11 is 0. The van der Waals surface area contributed by atoms with Crippen LogP contribution in [0.15, 0.2) is 17.1 Å². The summed E-state index contributed by atoms with van der Waals surface area (Å²) < 4.78 is 1.22. The highest BCUT2D eigenvalue weighted by molar-refractivity contribution is 5.76. The van der Waals surface area contributed by atoms with Crippen molar-refractivity contribution >= 4 is 11.6 Å². The molecule has 7 nitrogen and oxygen atoms in total. The van der Waals surface area contributed by atoms with E-state index in [9.17, 15) is 9.59 Å². The third kappa shape index (κ3) is 4.29. The Morgan fingerprint density at radius 3 is 2.67 bits per heavy atom. The zero-order valence-corrected chi connectivity index (χ0v) is 12.7. The van der Waals surface area contributed by atoms with Gasteiger partial charge in [-0.05, 0) is 13.5 Å². The molecule has 2 rings (SSSR count). The summed E-state index contributed by atoms with van der Waals surface area (Å²) in [5.74, 6) is -0.0491. The second-order valence-corrected chi connectivity index (χ2v) is 5.35. The van der Waals surface area contributed by atoms with E-state index in [1.54, 1.807) is 11.1 Å². The van der Waals surface area contributed by atoms with Crippen LogP contribution in [-0.2, 0) is 11.3 Å². The summed E-state index contributed by atoms with van der Waals surface area (Å²) in [7, 11) is 2.04. The van der Waals surface area contributed by atoms with Crippen LogP contribution in [-0.4, -0.2) is 65.3 Å². The number of piperazine rings is 1. The molecule has 0 unspecified atom stereocenters. The molecule has 0 radical (unpaired) electrons. The van der Waals surface area contributed by atoms with Gasteiger partial charge in [-0.2, -0.15) is 5.10 Å². The minimum atomic E-state index is -0.251. The van der Waals surface area contributed by atoms with Crippen LogP contribution < -0.4 is 10.9 Å². The largest absolute Gasteiger partial charge is 0.384 e. The van der Waals surface area contributed by atoms with Crippen molar-refractivity contribution in [3.63, 3.8) is 0 Å². The normalized spacial score (nSPS) is 16.0. The Morgan fingerprint density at radius 1 is 1.33 bits per heavy atom. The molecule has 2 heterocycles. The SMILES string of the molecule is CCCNc1cnn(CC(=O)N2CCN(C)CC2)c(=O)c1. The molecule has 1 N–H and O–H groups in total. The third-order valence-electron chi connectivity index (χ3n) is 3.59. The molecule has 0 aromatic carbocycles. The Hall–Kier alpha value is -1.89. The maximum Gasteiger partial charge on any atom is 0.269 e. The second-order valence-electron chi connectivity index (χ2n) is 5.35. The van der Waals surface area contributed by atoms with Crippen LogP contribution in [0.2, 0.25) is 0 Å². The summed E-state index contributed by atoms with van der Waals surface area (Å²) in [6.45, 7) is 6.01. The Kier molecular flexibility index (Phi) is 5.32. The Labute approximate surface area is 124 Å². The van der Waals surface area contributed by atoms with Crippen LogP contribution in [0, 0.1) is 0 Å². The second kappa shape index (κ2) is 7.21. The monoisotopic (exact) mass is 293 g/mol. The number of nitrogens with zero attached hydrogens (tertiary/aromatic N) is 4. The lowest BCUT2D eigenvalue weighted by Gasteiger charge is -2.32. The van der Waals surface area contributed by atoms with E-state index in [4.69, 9.17) is 0 Å². The van der Waals surface area contributed by atoms with Crippen LogP contribution in [0.4, 0.5) is 5.69 Å². The molecule has 1 aromatic heterocycles. The standard InChI is InChI=1S/C14H23N5O2/c1-3-4-15-12-9-13(20)19(16-10-12)11-14(21)18-7-5-17(2)6-8-18/h9-10,15H,3-8,11H2,1-2H3. The van der Waals surface area contributed by atoms with E-state index in [1.807, 2.05) is 7.05 Å². The highest BCUT2D eigenvalue weighted by atomic mass is 16.2. The van der Waals surface area contributed by atoms with Crippen molar-refractivity contribution in [2.75, 3.05) is 45.1 Å². The first-order chi connectivity index (χ1) is 10.1. The van der Waals surface area contributed by atoms with E-state index in [0.29, 0.717) is 18.8 Å². The van der Waals surface area contributed by atoms with Gasteiger partial charge in [0.05, 0.1) is 11.9 Å². The minimum Gasteiger partial charge on any atom is -0.384 e. The van der Waals surface area contributed by atoms with Gasteiger partial charge in [-0.1, -0.05) is 6.92 Å². The van der Waals surface area contributed by atoms with Crippen molar-refractivity contribution in [2.24, 2.45) is 0 Å². The van der Waals surface area contributed by atoms with E-state index < -0.39 is 0 Å². The summed E-state index contributed by atoms with van der Waals surface area (Å²) in [6, 6.07) is 1.49. The number of likely N-dealkylation sites (N-methyl/N-ethyl adjacent to an activating group) is 1. The summed E-state index contributed by atoms with van der Waals surface area (Å²) in [5.41, 5.74) is 0.448. The molecule has 116 valence electrons. The molecule has 0 spiro atoms. The molecule has 0 aliphatic carbocycles. The van der Waals surface area contributed by atoms with Crippen LogP contribution in [0.3, 0.4) is 0 Å². The first-order valence-electron chi connectivity index (χ1n) is 7.37. The van der Waals surface area contributed by atoms with Gasteiger partial charge in [0.25, 0.3) is 5.56 Å². The van der Waals surface area contributed by atoms with Crippen molar-refractivity contribution in [1.29, 1.82) is 0 Å². The lowest BCUT2D eigenvalue weighted by atomic mass is 10.3. The summed E-state index contributed by atoms with van der Waals surface area (Å²) in [6.07, 6.45) is 2.57. The van der Waals surface area contributed by atoms with Gasteiger partial charge in [0, 0.05) is 38.8 Å². The van der Waals surface area contributed by atoms with Crippen molar-refractivity contribution in [1.82, 2.24) is 19.6 Å². The Balaban J connectivity index is 1.96. The van der Waals surface area contributed by atoms with Gasteiger partial charge in [-0.3, -0.25) is 9.59 Å². The van der Waals surface area contributed by atoms with Gasteiger partial charge >= 0.3 is 0 Å². The quantitative estimate of drug-likeness (QED) is 0.817. The zero-order valence-electron chi connectivity index (χ0n) is 12.7. The number of hydrogen-bond acceptors (Lipinski definition) is 5. The van der Waals surface area contributed by atoms with E-state index in [1.165, 1.54) is 10.7 Å². The molecule has 1 amide bonds. The van der Waals surface area contributed by atoms with E-state index in [2.05, 4.69) is 22.2 Å². The van der Waals surface area contributed by atoms with Crippen LogP contribution in [0.5, 0.6) is 0 Å². The number of rotatable bonds is 5. The van der Waals surface area contributed by atoms with Gasteiger partial charge in [-0.15, -0.1) is 0 Å². The van der Waals surface area contributed by atoms with Crippen molar-refractivity contribution in [2.45, 2.75) is 19.9 Å². The first kappa shape index (κ1) is 15.5. The van der Waals surface area contributed by atoms with Crippen molar-refractivity contribution < 1.29 is 4.79 Å². The zero-order chi connectivity index (χ0) is 15.2. The highest BCUT2D eigenvalue weighted by Crippen LogP contribution is 2.02. The molecule has 7 heteroatoms.